The van der Waals surface area contributed by atoms with E-state index in [1.54, 1.807) is 0 Å². The number of ketones is 1. The van der Waals surface area contributed by atoms with Crippen LogP contribution in [-0.4, -0.2) is 17.2 Å². The number of nitrogens with zero attached hydrogens (tertiary/aromatic N) is 1. The molecule has 0 N–H and O–H groups in total. The van der Waals surface area contributed by atoms with Crippen molar-refractivity contribution in [2.45, 2.75) is 6.43 Å². The van der Waals surface area contributed by atoms with Gasteiger partial charge in [-0.3, -0.25) is 4.79 Å². The number of Topliss-reactive ketones (excluding diaryl/α,β-unsaturated/α-hetero) is 1. The van der Waals surface area contributed by atoms with Crippen LogP contribution in [0.5, 0.6) is 0 Å². The Hall–Kier alpha value is -0.740. The van der Waals surface area contributed by atoms with Gasteiger partial charge in [-0.05, 0) is 12.1 Å². The van der Waals surface area contributed by atoms with E-state index in [9.17, 15) is 13.6 Å². The molecule has 0 spiro atoms. The molecular weight excluding hydrogens is 223 g/mol. The molecule has 0 saturated heterocycles. The van der Waals surface area contributed by atoms with E-state index in [1.807, 2.05) is 0 Å². The summed E-state index contributed by atoms with van der Waals surface area (Å²) in [6.07, 6.45) is -3.10. The highest BCUT2D eigenvalue weighted by atomic mass is 35.5. The summed E-state index contributed by atoms with van der Waals surface area (Å²) in [7, 11) is 0. The molecule has 1 aromatic rings. The van der Waals surface area contributed by atoms with Gasteiger partial charge in [0.05, 0.1) is 0 Å². The van der Waals surface area contributed by atoms with Crippen LogP contribution in [0.3, 0.4) is 0 Å². The molecule has 70 valence electrons. The molecular formula is C7H3Cl2F2NO. The number of rotatable bonds is 2. The molecule has 13 heavy (non-hydrogen) atoms. The maximum Gasteiger partial charge on any atom is 0.302 e. The maximum absolute atomic E-state index is 11.9. The van der Waals surface area contributed by atoms with Gasteiger partial charge in [0, 0.05) is 5.02 Å². The third kappa shape index (κ3) is 2.60. The molecule has 0 fully saturated rings. The zero-order valence-corrected chi connectivity index (χ0v) is 7.61. The van der Waals surface area contributed by atoms with Crippen LogP contribution >= 0.6 is 23.2 Å². The molecule has 0 aliphatic rings. The van der Waals surface area contributed by atoms with Crippen molar-refractivity contribution in [1.82, 2.24) is 4.98 Å². The minimum Gasteiger partial charge on any atom is -0.286 e. The van der Waals surface area contributed by atoms with Crippen LogP contribution in [0, 0.1) is 0 Å². The van der Waals surface area contributed by atoms with Crippen molar-refractivity contribution in [3.05, 3.63) is 28.0 Å². The summed E-state index contributed by atoms with van der Waals surface area (Å²) in [6.45, 7) is 0. The summed E-state index contributed by atoms with van der Waals surface area (Å²) < 4.78 is 23.8. The third-order valence-corrected chi connectivity index (χ3v) is 1.62. The molecule has 6 heteroatoms. The molecule has 0 bridgehead atoms. The van der Waals surface area contributed by atoms with Crippen molar-refractivity contribution >= 4 is 29.0 Å². The highest BCUT2D eigenvalue weighted by Crippen LogP contribution is 2.17. The van der Waals surface area contributed by atoms with Gasteiger partial charge in [0.15, 0.2) is 0 Å². The summed E-state index contributed by atoms with van der Waals surface area (Å²) in [5, 5.41) is 0.0144. The van der Waals surface area contributed by atoms with Crippen molar-refractivity contribution in [3.63, 3.8) is 0 Å². The Labute approximate surface area is 82.5 Å². The van der Waals surface area contributed by atoms with E-state index in [0.29, 0.717) is 0 Å². The number of hydrogen-bond acceptors (Lipinski definition) is 2. The first-order valence-corrected chi connectivity index (χ1v) is 3.92. The van der Waals surface area contributed by atoms with Crippen LogP contribution in [0.4, 0.5) is 8.78 Å². The lowest BCUT2D eigenvalue weighted by molar-refractivity contribution is 0.0673. The normalized spacial score (nSPS) is 10.5. The van der Waals surface area contributed by atoms with Crippen molar-refractivity contribution in [3.8, 4) is 0 Å². The van der Waals surface area contributed by atoms with Crippen LogP contribution in [0.1, 0.15) is 10.5 Å². The first-order chi connectivity index (χ1) is 6.00. The summed E-state index contributed by atoms with van der Waals surface area (Å²) in [5.74, 6) is -1.38. The monoisotopic (exact) mass is 225 g/mol. The van der Waals surface area contributed by atoms with Crippen LogP contribution < -0.4 is 0 Å². The smallest absolute Gasteiger partial charge is 0.286 e. The van der Waals surface area contributed by atoms with Crippen molar-refractivity contribution in [1.29, 1.82) is 0 Å². The standard InChI is InChI=1S/C7H3Cl2F2NO/c8-3-1-4(6(13)7(10)11)12-5(9)2-3/h1-2,7H. The Morgan fingerprint density at radius 3 is 2.46 bits per heavy atom. The van der Waals surface area contributed by atoms with Crippen LogP contribution in [0.2, 0.25) is 10.2 Å². The van der Waals surface area contributed by atoms with E-state index in [-0.39, 0.29) is 10.2 Å². The first-order valence-electron chi connectivity index (χ1n) is 3.16. The fraction of sp³-hybridized carbons (Fsp3) is 0.143. The second-order valence-electron chi connectivity index (χ2n) is 2.16. The van der Waals surface area contributed by atoms with Gasteiger partial charge >= 0.3 is 6.43 Å². The molecule has 1 heterocycles. The fourth-order valence-electron chi connectivity index (χ4n) is 0.704. The van der Waals surface area contributed by atoms with E-state index >= 15 is 0 Å². The van der Waals surface area contributed by atoms with Crippen LogP contribution in [0.25, 0.3) is 0 Å². The quantitative estimate of drug-likeness (QED) is 0.573. The van der Waals surface area contributed by atoms with E-state index in [0.717, 1.165) is 6.07 Å². The van der Waals surface area contributed by atoms with Gasteiger partial charge < -0.3 is 0 Å². The Bertz CT molecular complexity index is 323. The number of aromatic nitrogens is 1. The number of hydrogen-bond donors (Lipinski definition) is 0. The average Bonchev–Trinajstić information content (AvgIpc) is 2.01. The summed E-state index contributed by atoms with van der Waals surface area (Å²) in [5.41, 5.74) is -0.424. The number of carbonyl (C=O) groups is 1. The molecule has 2 nitrogen and oxygen atoms in total. The van der Waals surface area contributed by atoms with E-state index in [1.165, 1.54) is 6.07 Å². The van der Waals surface area contributed by atoms with Gasteiger partial charge in [-0.1, -0.05) is 23.2 Å². The van der Waals surface area contributed by atoms with Crippen molar-refractivity contribution < 1.29 is 13.6 Å². The molecule has 1 rings (SSSR count). The fourth-order valence-corrected chi connectivity index (χ4v) is 1.17. The van der Waals surface area contributed by atoms with E-state index in [4.69, 9.17) is 23.2 Å². The minimum atomic E-state index is -3.10. The zero-order chi connectivity index (χ0) is 10.0. The van der Waals surface area contributed by atoms with Gasteiger partial charge in [0.25, 0.3) is 0 Å². The number of pyridine rings is 1. The molecule has 1 aromatic heterocycles. The van der Waals surface area contributed by atoms with Crippen LogP contribution in [0.15, 0.2) is 12.1 Å². The highest BCUT2D eigenvalue weighted by Gasteiger charge is 2.19. The largest absolute Gasteiger partial charge is 0.302 e. The summed E-state index contributed by atoms with van der Waals surface area (Å²) in [4.78, 5) is 14.1. The SMILES string of the molecule is O=C(c1cc(Cl)cc(Cl)n1)C(F)F. The lowest BCUT2D eigenvalue weighted by Gasteiger charge is -1.99. The lowest BCUT2D eigenvalue weighted by atomic mass is 10.2. The molecule has 0 unspecified atom stereocenters. The van der Waals surface area contributed by atoms with Gasteiger partial charge in [-0.2, -0.15) is 0 Å². The maximum atomic E-state index is 11.9. The van der Waals surface area contributed by atoms with E-state index in [2.05, 4.69) is 4.98 Å². The Morgan fingerprint density at radius 1 is 1.38 bits per heavy atom. The Morgan fingerprint density at radius 2 is 2.00 bits per heavy atom. The number of carbonyl (C=O) groups excluding carboxylic acids is 1. The second kappa shape index (κ2) is 3.98. The topological polar surface area (TPSA) is 30.0 Å². The molecule has 0 saturated carbocycles. The number of halogens is 4. The second-order valence-corrected chi connectivity index (χ2v) is 2.98. The average molecular weight is 226 g/mol. The Kier molecular flexibility index (Phi) is 3.17. The minimum absolute atomic E-state index is 0.0866. The Balaban J connectivity index is 3.08. The molecule has 0 amide bonds. The van der Waals surface area contributed by atoms with Crippen molar-refractivity contribution in [2.24, 2.45) is 0 Å². The molecule has 0 radical (unpaired) electrons. The molecule has 0 atom stereocenters. The van der Waals surface area contributed by atoms with Gasteiger partial charge in [0.1, 0.15) is 10.8 Å². The van der Waals surface area contributed by atoms with Crippen LogP contribution in [-0.2, 0) is 0 Å². The van der Waals surface area contributed by atoms with Gasteiger partial charge in [-0.15, -0.1) is 0 Å². The van der Waals surface area contributed by atoms with Gasteiger partial charge in [-0.25, -0.2) is 13.8 Å². The highest BCUT2D eigenvalue weighted by molar-refractivity contribution is 6.34. The molecule has 0 aliphatic heterocycles. The summed E-state index contributed by atoms with van der Waals surface area (Å²) in [6, 6.07) is 2.30. The van der Waals surface area contributed by atoms with Crippen molar-refractivity contribution in [2.75, 3.05) is 0 Å². The predicted molar refractivity (Wildman–Crippen MR) is 44.6 cm³/mol. The lowest BCUT2D eigenvalue weighted by Crippen LogP contribution is -2.12. The van der Waals surface area contributed by atoms with Gasteiger partial charge in [0.2, 0.25) is 5.78 Å². The molecule has 0 aliphatic carbocycles. The number of alkyl halides is 2. The van der Waals surface area contributed by atoms with E-state index < -0.39 is 17.9 Å². The summed E-state index contributed by atoms with van der Waals surface area (Å²) >= 11 is 10.9. The first kappa shape index (κ1) is 10.3. The predicted octanol–water partition coefficient (Wildman–Crippen LogP) is 2.84. The third-order valence-electron chi connectivity index (χ3n) is 1.21. The molecule has 0 aromatic carbocycles. The zero-order valence-electron chi connectivity index (χ0n) is 6.10.